The zero-order chi connectivity index (χ0) is 20.0. The van der Waals surface area contributed by atoms with Crippen molar-refractivity contribution < 1.29 is 10.2 Å². The van der Waals surface area contributed by atoms with E-state index in [-0.39, 0.29) is 13.2 Å². The Kier molecular flexibility index (Phi) is 12.8. The first kappa shape index (κ1) is 24.9. The van der Waals surface area contributed by atoms with E-state index in [1.54, 1.807) is 0 Å². The average molecular weight is 413 g/mol. The number of aliphatic hydroxyl groups excluding tert-OH is 2. The van der Waals surface area contributed by atoms with Crippen LogP contribution in [0.15, 0.2) is 30.3 Å². The van der Waals surface area contributed by atoms with Gasteiger partial charge in [0, 0.05) is 15.9 Å². The third-order valence-electron chi connectivity index (χ3n) is 5.93. The second kappa shape index (κ2) is 13.9. The summed E-state index contributed by atoms with van der Waals surface area (Å²) >= 11 is 9.51. The zero-order valence-corrected chi connectivity index (χ0v) is 18.9. The Bertz CT molecular complexity index is 468. The van der Waals surface area contributed by atoms with Gasteiger partial charge in [-0.1, -0.05) is 101 Å². The van der Waals surface area contributed by atoms with Gasteiger partial charge >= 0.3 is 0 Å². The molecule has 1 rings (SSSR count). The molecule has 1 unspecified atom stereocenters. The van der Waals surface area contributed by atoms with E-state index < -0.39 is 10.2 Å². The van der Waals surface area contributed by atoms with Crippen LogP contribution in [0.1, 0.15) is 83.1 Å². The highest BCUT2D eigenvalue weighted by atomic mass is 32.1. The molecule has 1 aromatic rings. The molecule has 4 heteroatoms. The van der Waals surface area contributed by atoms with Crippen LogP contribution >= 0.6 is 25.3 Å². The van der Waals surface area contributed by atoms with E-state index >= 15 is 0 Å². The molecule has 0 aromatic heterocycles. The maximum absolute atomic E-state index is 10.1. The first-order valence-electron chi connectivity index (χ1n) is 10.7. The lowest BCUT2D eigenvalue weighted by molar-refractivity contribution is 0.0349. The van der Waals surface area contributed by atoms with Gasteiger partial charge in [0.15, 0.2) is 0 Å². The highest BCUT2D eigenvalue weighted by Gasteiger charge is 2.48. The highest BCUT2D eigenvalue weighted by Crippen LogP contribution is 2.49. The molecule has 0 heterocycles. The second-order valence-corrected chi connectivity index (χ2v) is 8.99. The van der Waals surface area contributed by atoms with Crippen LogP contribution in [0.4, 0.5) is 0 Å². The van der Waals surface area contributed by atoms with Gasteiger partial charge in [-0.2, -0.15) is 25.3 Å². The minimum atomic E-state index is -0.736. The van der Waals surface area contributed by atoms with E-state index in [1.807, 2.05) is 30.3 Å². The van der Waals surface area contributed by atoms with E-state index in [4.69, 9.17) is 12.6 Å². The van der Waals surface area contributed by atoms with Gasteiger partial charge in [-0.05, 0) is 12.0 Å². The van der Waals surface area contributed by atoms with Crippen molar-refractivity contribution in [3.63, 3.8) is 0 Å². The van der Waals surface area contributed by atoms with Crippen molar-refractivity contribution in [1.82, 2.24) is 0 Å². The molecule has 0 aliphatic heterocycles. The molecule has 0 fully saturated rings. The van der Waals surface area contributed by atoms with Crippen LogP contribution in [0, 0.1) is 5.41 Å². The van der Waals surface area contributed by atoms with Gasteiger partial charge in [-0.25, -0.2) is 0 Å². The van der Waals surface area contributed by atoms with Gasteiger partial charge in [0.1, 0.15) is 0 Å². The summed E-state index contributed by atoms with van der Waals surface area (Å²) in [6, 6.07) is 10.1. The molecule has 27 heavy (non-hydrogen) atoms. The summed E-state index contributed by atoms with van der Waals surface area (Å²) in [6.45, 7) is 2.01. The normalized spacial score (nSPS) is 14.3. The Morgan fingerprint density at radius 2 is 1.26 bits per heavy atom. The van der Waals surface area contributed by atoms with Crippen LogP contribution in [0.2, 0.25) is 0 Å². The molecule has 1 aromatic carbocycles. The van der Waals surface area contributed by atoms with Gasteiger partial charge in [-0.3, -0.25) is 0 Å². The number of thiol groups is 2. The zero-order valence-electron chi connectivity index (χ0n) is 17.1. The molecule has 0 saturated carbocycles. The Morgan fingerprint density at radius 3 is 1.70 bits per heavy atom. The fourth-order valence-corrected chi connectivity index (χ4v) is 4.96. The van der Waals surface area contributed by atoms with E-state index in [1.165, 1.54) is 57.8 Å². The van der Waals surface area contributed by atoms with Crippen molar-refractivity contribution in [2.75, 3.05) is 19.0 Å². The predicted molar refractivity (Wildman–Crippen MR) is 124 cm³/mol. The maximum Gasteiger partial charge on any atom is 0.0534 e. The molecule has 1 atom stereocenters. The lowest BCUT2D eigenvalue weighted by Crippen LogP contribution is -2.49. The second-order valence-electron chi connectivity index (χ2n) is 7.91. The number of hydrogen-bond acceptors (Lipinski definition) is 4. The largest absolute Gasteiger partial charge is 0.396 e. The Morgan fingerprint density at radius 1 is 0.778 bits per heavy atom. The van der Waals surface area contributed by atoms with Gasteiger partial charge < -0.3 is 10.2 Å². The lowest BCUT2D eigenvalue weighted by atomic mass is 9.70. The van der Waals surface area contributed by atoms with E-state index in [9.17, 15) is 10.2 Å². The van der Waals surface area contributed by atoms with Crippen LogP contribution in [0.25, 0.3) is 0 Å². The van der Waals surface area contributed by atoms with Crippen molar-refractivity contribution in [2.45, 2.75) is 82.3 Å². The molecular weight excluding hydrogens is 372 g/mol. The van der Waals surface area contributed by atoms with Gasteiger partial charge in [0.05, 0.1) is 13.2 Å². The third kappa shape index (κ3) is 7.30. The van der Waals surface area contributed by atoms with Crippen LogP contribution < -0.4 is 0 Å². The minimum absolute atomic E-state index is 0.122. The average Bonchev–Trinajstić information content (AvgIpc) is 2.71. The summed E-state index contributed by atoms with van der Waals surface area (Å²) < 4.78 is -0.584. The van der Waals surface area contributed by atoms with Crippen molar-refractivity contribution in [2.24, 2.45) is 5.41 Å². The number of benzene rings is 1. The topological polar surface area (TPSA) is 40.5 Å². The summed E-state index contributed by atoms with van der Waals surface area (Å²) in [5.74, 6) is 0.399. The molecule has 0 radical (unpaired) electrons. The summed E-state index contributed by atoms with van der Waals surface area (Å²) in [7, 11) is 0. The van der Waals surface area contributed by atoms with Crippen LogP contribution in [0.3, 0.4) is 0 Å². The summed E-state index contributed by atoms with van der Waals surface area (Å²) in [6.07, 6.45) is 13.7. The molecule has 156 valence electrons. The minimum Gasteiger partial charge on any atom is -0.396 e. The molecule has 0 amide bonds. The molecule has 0 aliphatic rings. The Hall–Kier alpha value is -0.160. The third-order valence-corrected chi connectivity index (χ3v) is 7.49. The first-order valence-corrected chi connectivity index (χ1v) is 11.8. The molecule has 0 saturated heterocycles. The van der Waals surface area contributed by atoms with Gasteiger partial charge in [0.2, 0.25) is 0 Å². The lowest BCUT2D eigenvalue weighted by Gasteiger charge is -2.46. The fraction of sp³-hybridized carbons (Fsp3) is 0.739. The summed E-state index contributed by atoms with van der Waals surface area (Å²) in [4.78, 5) is 0. The van der Waals surface area contributed by atoms with Crippen LogP contribution in [0.5, 0.6) is 0 Å². The van der Waals surface area contributed by atoms with Crippen molar-refractivity contribution in [3.05, 3.63) is 35.9 Å². The highest BCUT2D eigenvalue weighted by molar-refractivity contribution is 7.82. The molecule has 0 bridgehead atoms. The van der Waals surface area contributed by atoms with E-state index in [0.717, 1.165) is 18.4 Å². The first-order chi connectivity index (χ1) is 13.1. The van der Waals surface area contributed by atoms with Crippen molar-refractivity contribution in [1.29, 1.82) is 0 Å². The molecule has 0 spiro atoms. The molecule has 2 N–H and O–H groups in total. The summed E-state index contributed by atoms with van der Waals surface area (Å²) in [5.41, 5.74) is 0.321. The van der Waals surface area contributed by atoms with Gasteiger partial charge in [-0.15, -0.1) is 0 Å². The molecular formula is C23H40O2S2. The molecule has 2 nitrogen and oxygen atoms in total. The van der Waals surface area contributed by atoms with Crippen LogP contribution in [-0.4, -0.2) is 29.2 Å². The number of unbranched alkanes of at least 4 members (excludes halogenated alkanes) is 9. The number of rotatable bonds is 16. The Labute approximate surface area is 178 Å². The van der Waals surface area contributed by atoms with Crippen LogP contribution in [-0.2, 0) is 4.75 Å². The number of aliphatic hydroxyl groups is 2. The molecule has 0 aliphatic carbocycles. The Balaban J connectivity index is 2.55. The number of hydrogen-bond donors (Lipinski definition) is 4. The van der Waals surface area contributed by atoms with Gasteiger partial charge in [0.25, 0.3) is 0 Å². The fourth-order valence-electron chi connectivity index (χ4n) is 3.84. The maximum atomic E-state index is 10.1. The van der Waals surface area contributed by atoms with Crippen molar-refractivity contribution >= 4 is 25.3 Å². The SMILES string of the molecule is CCCCCCCCCCCCC(S)(c1ccccc1)C(CO)(CO)CS. The summed E-state index contributed by atoms with van der Waals surface area (Å²) in [5, 5.41) is 20.2. The van der Waals surface area contributed by atoms with Crippen molar-refractivity contribution in [3.8, 4) is 0 Å². The predicted octanol–water partition coefficient (Wildman–Crippen LogP) is 6.02. The monoisotopic (exact) mass is 412 g/mol. The van der Waals surface area contributed by atoms with E-state index in [2.05, 4.69) is 19.6 Å². The quantitative estimate of drug-likeness (QED) is 0.198. The standard InChI is InChI=1S/C23H40O2S2/c1-2-3-4-5-6-7-8-9-10-14-17-23(27,21-15-12-11-13-16-21)22(18-24,19-25)20-26/h11-13,15-16,24-27H,2-10,14,17-20H2,1H3. The van der Waals surface area contributed by atoms with E-state index in [0.29, 0.717) is 5.75 Å². The smallest absolute Gasteiger partial charge is 0.0534 e.